The van der Waals surface area contributed by atoms with Crippen LogP contribution in [0.4, 0.5) is 0 Å². The number of hydrazine groups is 1. The number of benzene rings is 1. The van der Waals surface area contributed by atoms with Crippen molar-refractivity contribution in [1.29, 1.82) is 0 Å². The Balaban J connectivity index is 2.39. The minimum Gasteiger partial charge on any atom is -0.492 e. The normalized spacial score (nSPS) is 12.2. The van der Waals surface area contributed by atoms with Gasteiger partial charge in [0.15, 0.2) is 0 Å². The first-order valence-corrected chi connectivity index (χ1v) is 7.56. The summed E-state index contributed by atoms with van der Waals surface area (Å²) in [5.74, 6) is 6.26. The van der Waals surface area contributed by atoms with Gasteiger partial charge < -0.3 is 4.74 Å². The first kappa shape index (κ1) is 17.5. The van der Waals surface area contributed by atoms with Gasteiger partial charge in [0.05, 0.1) is 0 Å². The van der Waals surface area contributed by atoms with Gasteiger partial charge in [-0.15, -0.1) is 0 Å². The van der Waals surface area contributed by atoms with Crippen LogP contribution in [-0.2, 0) is 0 Å². The molecule has 3 N–H and O–H groups in total. The third-order valence-electron chi connectivity index (χ3n) is 3.64. The fourth-order valence-electron chi connectivity index (χ4n) is 2.03. The molecule has 1 atom stereocenters. The molecular formula is C16H27N3O2. The van der Waals surface area contributed by atoms with E-state index in [9.17, 15) is 4.79 Å². The molecule has 0 bridgehead atoms. The van der Waals surface area contributed by atoms with Crippen molar-refractivity contribution in [2.45, 2.75) is 27.2 Å². The van der Waals surface area contributed by atoms with Crippen LogP contribution in [0.3, 0.4) is 0 Å². The van der Waals surface area contributed by atoms with Crippen LogP contribution in [0.15, 0.2) is 24.3 Å². The van der Waals surface area contributed by atoms with Gasteiger partial charge in [0, 0.05) is 18.7 Å². The lowest BCUT2D eigenvalue weighted by molar-refractivity contribution is 0.0953. The van der Waals surface area contributed by atoms with Crippen molar-refractivity contribution in [2.24, 2.45) is 11.8 Å². The van der Waals surface area contributed by atoms with E-state index in [-0.39, 0.29) is 5.91 Å². The molecule has 0 aliphatic rings. The summed E-state index contributed by atoms with van der Waals surface area (Å²) >= 11 is 0. The molecule has 0 aromatic heterocycles. The van der Waals surface area contributed by atoms with E-state index in [0.717, 1.165) is 25.4 Å². The van der Waals surface area contributed by atoms with E-state index in [1.54, 1.807) is 24.3 Å². The average Bonchev–Trinajstić information content (AvgIpc) is 2.53. The molecule has 5 heteroatoms. The van der Waals surface area contributed by atoms with Crippen molar-refractivity contribution in [1.82, 2.24) is 10.3 Å². The zero-order valence-electron chi connectivity index (χ0n) is 13.3. The molecule has 5 nitrogen and oxygen atoms in total. The third-order valence-corrected chi connectivity index (χ3v) is 3.64. The molecule has 1 rings (SSSR count). The van der Waals surface area contributed by atoms with Crippen molar-refractivity contribution in [3.63, 3.8) is 0 Å². The summed E-state index contributed by atoms with van der Waals surface area (Å²) in [6.07, 6.45) is 1.20. The largest absolute Gasteiger partial charge is 0.492 e. The first-order chi connectivity index (χ1) is 10.1. The van der Waals surface area contributed by atoms with Gasteiger partial charge in [-0.2, -0.15) is 0 Å². The molecule has 118 valence electrons. The number of amides is 1. The highest BCUT2D eigenvalue weighted by molar-refractivity contribution is 5.93. The highest BCUT2D eigenvalue weighted by Gasteiger charge is 2.07. The summed E-state index contributed by atoms with van der Waals surface area (Å²) in [7, 11) is 0. The Hall–Kier alpha value is -1.59. The van der Waals surface area contributed by atoms with Crippen molar-refractivity contribution < 1.29 is 9.53 Å². The maximum atomic E-state index is 11.3. The molecule has 0 fully saturated rings. The molecule has 0 aliphatic carbocycles. The summed E-state index contributed by atoms with van der Waals surface area (Å²) in [4.78, 5) is 13.7. The second kappa shape index (κ2) is 9.37. The predicted octanol–water partition coefficient (Wildman–Crippen LogP) is 2.04. The quantitative estimate of drug-likeness (QED) is 0.415. The van der Waals surface area contributed by atoms with Gasteiger partial charge in [0.1, 0.15) is 12.4 Å². The topological polar surface area (TPSA) is 67.6 Å². The van der Waals surface area contributed by atoms with Crippen LogP contribution in [0.5, 0.6) is 5.75 Å². The fourth-order valence-corrected chi connectivity index (χ4v) is 2.03. The van der Waals surface area contributed by atoms with Gasteiger partial charge in [0.2, 0.25) is 0 Å². The number of nitrogen functional groups attached to an aromatic ring is 1. The van der Waals surface area contributed by atoms with Crippen LogP contribution in [0.2, 0.25) is 0 Å². The molecular weight excluding hydrogens is 266 g/mol. The van der Waals surface area contributed by atoms with Crippen LogP contribution in [-0.4, -0.2) is 37.0 Å². The van der Waals surface area contributed by atoms with Gasteiger partial charge in [-0.05, 0) is 36.7 Å². The van der Waals surface area contributed by atoms with E-state index in [0.29, 0.717) is 18.1 Å². The maximum Gasteiger partial charge on any atom is 0.265 e. The first-order valence-electron chi connectivity index (χ1n) is 7.56. The number of hydrogen-bond acceptors (Lipinski definition) is 4. The number of nitrogens with two attached hydrogens (primary N) is 1. The van der Waals surface area contributed by atoms with Gasteiger partial charge in [0.25, 0.3) is 5.91 Å². The Bertz CT molecular complexity index is 420. The summed E-state index contributed by atoms with van der Waals surface area (Å²) in [5, 5.41) is 0. The van der Waals surface area contributed by atoms with Gasteiger partial charge in [-0.25, -0.2) is 5.84 Å². The lowest BCUT2D eigenvalue weighted by Gasteiger charge is -2.23. The minimum atomic E-state index is -0.299. The Morgan fingerprint density at radius 2 is 2.00 bits per heavy atom. The number of hydrogen-bond donors (Lipinski definition) is 2. The van der Waals surface area contributed by atoms with Crippen molar-refractivity contribution in [3.05, 3.63) is 29.8 Å². The Morgan fingerprint density at radius 1 is 1.33 bits per heavy atom. The number of rotatable bonds is 9. The maximum absolute atomic E-state index is 11.3. The molecule has 1 amide bonds. The van der Waals surface area contributed by atoms with E-state index >= 15 is 0 Å². The molecule has 1 aromatic rings. The lowest BCUT2D eigenvalue weighted by atomic mass is 10.1. The van der Waals surface area contributed by atoms with Crippen LogP contribution < -0.4 is 16.0 Å². The third kappa shape index (κ3) is 6.14. The second-order valence-corrected chi connectivity index (χ2v) is 5.25. The van der Waals surface area contributed by atoms with E-state index in [1.165, 1.54) is 6.42 Å². The van der Waals surface area contributed by atoms with E-state index < -0.39 is 0 Å². The predicted molar refractivity (Wildman–Crippen MR) is 85.2 cm³/mol. The molecule has 0 spiro atoms. The molecule has 1 unspecified atom stereocenters. The number of nitrogens with zero attached hydrogens (tertiary/aromatic N) is 1. The van der Waals surface area contributed by atoms with Crippen molar-refractivity contribution >= 4 is 5.91 Å². The summed E-state index contributed by atoms with van der Waals surface area (Å²) in [5.41, 5.74) is 2.63. The van der Waals surface area contributed by atoms with E-state index in [1.807, 2.05) is 0 Å². The highest BCUT2D eigenvalue weighted by atomic mass is 16.5. The minimum absolute atomic E-state index is 0.299. The lowest BCUT2D eigenvalue weighted by Crippen LogP contribution is -2.32. The number of likely N-dealkylation sites (N-methyl/N-ethyl adjacent to an activating group) is 1. The van der Waals surface area contributed by atoms with Crippen LogP contribution in [0.25, 0.3) is 0 Å². The molecule has 0 aliphatic heterocycles. The number of nitrogens with one attached hydrogen (secondary N) is 1. The highest BCUT2D eigenvalue weighted by Crippen LogP contribution is 2.12. The Kier molecular flexibility index (Phi) is 7.79. The average molecular weight is 293 g/mol. The SMILES string of the molecule is CCC(C)CN(CC)CCOc1ccc(C(=O)NN)cc1. The smallest absolute Gasteiger partial charge is 0.265 e. The molecule has 0 radical (unpaired) electrons. The summed E-state index contributed by atoms with van der Waals surface area (Å²) < 4.78 is 5.72. The molecule has 0 heterocycles. The Labute approximate surface area is 127 Å². The van der Waals surface area contributed by atoms with Crippen LogP contribution >= 0.6 is 0 Å². The number of carbonyl (C=O) groups is 1. The number of ether oxygens (including phenoxy) is 1. The Morgan fingerprint density at radius 3 is 2.52 bits per heavy atom. The molecule has 0 saturated heterocycles. The molecule has 21 heavy (non-hydrogen) atoms. The number of carbonyl (C=O) groups excluding carboxylic acids is 1. The van der Waals surface area contributed by atoms with Crippen LogP contribution in [0.1, 0.15) is 37.6 Å². The summed E-state index contributed by atoms with van der Waals surface area (Å²) in [6.45, 7) is 10.3. The van der Waals surface area contributed by atoms with Gasteiger partial charge in [-0.3, -0.25) is 15.1 Å². The second-order valence-electron chi connectivity index (χ2n) is 5.25. The van der Waals surface area contributed by atoms with Crippen molar-refractivity contribution in [3.8, 4) is 5.75 Å². The standard InChI is InChI=1S/C16H27N3O2/c1-4-13(3)12-19(5-2)10-11-21-15-8-6-14(7-9-15)16(20)18-17/h6-9,13H,4-5,10-12,17H2,1-3H3,(H,18,20). The monoisotopic (exact) mass is 293 g/mol. The van der Waals surface area contributed by atoms with Gasteiger partial charge in [-0.1, -0.05) is 27.2 Å². The van der Waals surface area contributed by atoms with Crippen molar-refractivity contribution in [2.75, 3.05) is 26.2 Å². The zero-order chi connectivity index (χ0) is 15.7. The van der Waals surface area contributed by atoms with E-state index in [2.05, 4.69) is 31.1 Å². The fraction of sp³-hybridized carbons (Fsp3) is 0.562. The molecule has 1 aromatic carbocycles. The zero-order valence-corrected chi connectivity index (χ0v) is 13.3. The molecule has 0 saturated carbocycles. The van der Waals surface area contributed by atoms with Crippen LogP contribution in [0, 0.1) is 5.92 Å². The summed E-state index contributed by atoms with van der Waals surface area (Å²) in [6, 6.07) is 6.98. The van der Waals surface area contributed by atoms with Gasteiger partial charge >= 0.3 is 0 Å². The van der Waals surface area contributed by atoms with E-state index in [4.69, 9.17) is 10.6 Å².